The van der Waals surface area contributed by atoms with Crippen molar-refractivity contribution in [2.24, 2.45) is 0 Å². The van der Waals surface area contributed by atoms with Gasteiger partial charge in [0.1, 0.15) is 0 Å². The van der Waals surface area contributed by atoms with Gasteiger partial charge in [0.15, 0.2) is 5.82 Å². The molecule has 9 rings (SSSR count). The van der Waals surface area contributed by atoms with Crippen LogP contribution in [0.15, 0.2) is 146 Å². The fourth-order valence-corrected chi connectivity index (χ4v) is 7.54. The number of hydrogen-bond acceptors (Lipinski definition) is 3. The molecule has 0 N–H and O–H groups in total. The molecule has 0 fully saturated rings. The quantitative estimate of drug-likeness (QED) is 0.213. The zero-order chi connectivity index (χ0) is 28.3. The Kier molecular flexibility index (Phi) is 5.40. The van der Waals surface area contributed by atoms with E-state index in [0.29, 0.717) is 0 Å². The lowest BCUT2D eigenvalue weighted by Gasteiger charge is -2.12. The van der Waals surface area contributed by atoms with Crippen molar-refractivity contribution < 1.29 is 0 Å². The van der Waals surface area contributed by atoms with Crippen molar-refractivity contribution in [2.75, 3.05) is 0 Å². The molecule has 0 aliphatic rings. The van der Waals surface area contributed by atoms with Gasteiger partial charge in [-0.3, -0.25) is 0 Å². The maximum absolute atomic E-state index is 5.20. The number of rotatable bonds is 3. The predicted molar refractivity (Wildman–Crippen MR) is 184 cm³/mol. The summed E-state index contributed by atoms with van der Waals surface area (Å²) in [4.78, 5) is 10.3. The second kappa shape index (κ2) is 9.59. The molecule has 0 aliphatic carbocycles. The third-order valence-electron chi connectivity index (χ3n) is 8.46. The van der Waals surface area contributed by atoms with E-state index in [2.05, 4.69) is 140 Å². The maximum atomic E-state index is 5.20. The Bertz CT molecular complexity index is 2520. The van der Waals surface area contributed by atoms with Gasteiger partial charge in [0.25, 0.3) is 0 Å². The number of fused-ring (bicyclic) bond motifs is 7. The average molecular weight is 565 g/mol. The Morgan fingerprint density at radius 1 is 0.419 bits per heavy atom. The number of aromatic nitrogens is 2. The highest BCUT2D eigenvalue weighted by atomic mass is 32.1. The van der Waals surface area contributed by atoms with Gasteiger partial charge in [-0.25, -0.2) is 9.97 Å². The summed E-state index contributed by atoms with van der Waals surface area (Å²) in [6, 6.07) is 51.9. The Morgan fingerprint density at radius 3 is 2.14 bits per heavy atom. The van der Waals surface area contributed by atoms with Crippen LogP contribution in [0.25, 0.3) is 86.4 Å². The van der Waals surface area contributed by atoms with Gasteiger partial charge in [-0.2, -0.15) is 0 Å². The SMILES string of the molecule is c1cc(-c2nc(-c3ccc4ccccc4c3)c3ccccc3n2)cc(-c2cccc3c2ccc2sc4ccccc4c23)c1. The smallest absolute Gasteiger partial charge is 0.160 e. The van der Waals surface area contributed by atoms with E-state index < -0.39 is 0 Å². The summed E-state index contributed by atoms with van der Waals surface area (Å²) < 4.78 is 2.65. The normalized spacial score (nSPS) is 11.7. The van der Waals surface area contributed by atoms with Crippen LogP contribution >= 0.6 is 11.3 Å². The van der Waals surface area contributed by atoms with Crippen LogP contribution in [0.1, 0.15) is 0 Å². The lowest BCUT2D eigenvalue weighted by molar-refractivity contribution is 1.23. The molecule has 9 aromatic rings. The minimum Gasteiger partial charge on any atom is -0.228 e. The first-order chi connectivity index (χ1) is 21.3. The molecule has 0 saturated heterocycles. The van der Waals surface area contributed by atoms with Crippen LogP contribution in [-0.4, -0.2) is 9.97 Å². The first-order valence-corrected chi connectivity index (χ1v) is 15.3. The van der Waals surface area contributed by atoms with E-state index in [1.807, 2.05) is 17.4 Å². The zero-order valence-corrected chi connectivity index (χ0v) is 24.0. The Labute approximate surface area is 252 Å². The first-order valence-electron chi connectivity index (χ1n) is 14.5. The number of hydrogen-bond donors (Lipinski definition) is 0. The molecule has 0 unspecified atom stereocenters. The van der Waals surface area contributed by atoms with Crippen molar-refractivity contribution in [1.82, 2.24) is 9.97 Å². The van der Waals surface area contributed by atoms with Crippen LogP contribution in [0.4, 0.5) is 0 Å². The van der Waals surface area contributed by atoms with Gasteiger partial charge in [0.2, 0.25) is 0 Å². The maximum Gasteiger partial charge on any atom is 0.160 e. The van der Waals surface area contributed by atoms with Gasteiger partial charge in [0.05, 0.1) is 11.2 Å². The Balaban J connectivity index is 1.22. The third-order valence-corrected chi connectivity index (χ3v) is 9.59. The summed E-state index contributed by atoms with van der Waals surface area (Å²) in [7, 11) is 0. The minimum absolute atomic E-state index is 0.732. The Hall–Kier alpha value is -5.38. The van der Waals surface area contributed by atoms with Crippen molar-refractivity contribution in [3.8, 4) is 33.8 Å². The molecule has 0 aliphatic heterocycles. The number of thiophene rings is 1. The summed E-state index contributed by atoms with van der Waals surface area (Å²) in [6.45, 7) is 0. The summed E-state index contributed by atoms with van der Waals surface area (Å²) in [5.41, 5.74) is 6.37. The van der Waals surface area contributed by atoms with Crippen LogP contribution in [0.5, 0.6) is 0 Å². The van der Waals surface area contributed by atoms with Crippen molar-refractivity contribution in [3.05, 3.63) is 146 Å². The number of para-hydroxylation sites is 1. The van der Waals surface area contributed by atoms with E-state index in [9.17, 15) is 0 Å². The van der Waals surface area contributed by atoms with E-state index in [-0.39, 0.29) is 0 Å². The lowest BCUT2D eigenvalue weighted by Crippen LogP contribution is -1.95. The molecule has 43 heavy (non-hydrogen) atoms. The zero-order valence-electron chi connectivity index (χ0n) is 23.2. The minimum atomic E-state index is 0.732. The third kappa shape index (κ3) is 3.93. The van der Waals surface area contributed by atoms with E-state index in [1.165, 1.54) is 47.3 Å². The van der Waals surface area contributed by atoms with Gasteiger partial charge in [-0.05, 0) is 63.0 Å². The molecule has 0 radical (unpaired) electrons. The summed E-state index contributed by atoms with van der Waals surface area (Å²) in [6.07, 6.45) is 0. The van der Waals surface area contributed by atoms with Crippen molar-refractivity contribution in [1.29, 1.82) is 0 Å². The fourth-order valence-electron chi connectivity index (χ4n) is 6.42. The molecule has 0 spiro atoms. The van der Waals surface area contributed by atoms with Crippen LogP contribution < -0.4 is 0 Å². The van der Waals surface area contributed by atoms with Crippen molar-refractivity contribution in [3.63, 3.8) is 0 Å². The van der Waals surface area contributed by atoms with Gasteiger partial charge >= 0.3 is 0 Å². The molecular weight excluding hydrogens is 541 g/mol. The van der Waals surface area contributed by atoms with Gasteiger partial charge in [-0.1, -0.05) is 115 Å². The predicted octanol–water partition coefficient (Wildman–Crippen LogP) is 11.3. The second-order valence-corrected chi connectivity index (χ2v) is 12.1. The van der Waals surface area contributed by atoms with Crippen LogP contribution in [0, 0.1) is 0 Å². The van der Waals surface area contributed by atoms with Crippen LogP contribution in [0.3, 0.4) is 0 Å². The molecule has 0 amide bonds. The average Bonchev–Trinajstić information content (AvgIpc) is 3.47. The van der Waals surface area contributed by atoms with Crippen LogP contribution in [-0.2, 0) is 0 Å². The number of benzene rings is 7. The number of nitrogens with zero attached hydrogens (tertiary/aromatic N) is 2. The Morgan fingerprint density at radius 2 is 1.19 bits per heavy atom. The highest BCUT2D eigenvalue weighted by molar-refractivity contribution is 7.26. The van der Waals surface area contributed by atoms with E-state index in [1.54, 1.807) is 0 Å². The second-order valence-electron chi connectivity index (χ2n) is 11.0. The van der Waals surface area contributed by atoms with E-state index >= 15 is 0 Å². The molecule has 7 aromatic carbocycles. The molecule has 2 aromatic heterocycles. The standard InChI is InChI=1S/C40H24N2S/c1-2-10-26-23-28(20-19-25(26)9-1)39-33-13-3-5-17-35(33)41-40(42-39)29-12-7-11-27(24-29)30-15-8-16-32-31(30)21-22-37-38(32)34-14-4-6-18-36(34)43-37/h1-24H. The first kappa shape index (κ1) is 24.2. The molecule has 0 saturated carbocycles. The fraction of sp³-hybridized carbons (Fsp3) is 0. The molecular formula is C40H24N2S. The largest absolute Gasteiger partial charge is 0.228 e. The highest BCUT2D eigenvalue weighted by Crippen LogP contribution is 2.41. The lowest BCUT2D eigenvalue weighted by atomic mass is 9.94. The summed E-state index contributed by atoms with van der Waals surface area (Å²) in [5.74, 6) is 0.732. The molecule has 200 valence electrons. The molecule has 0 atom stereocenters. The van der Waals surface area contributed by atoms with E-state index in [0.717, 1.165) is 39.1 Å². The van der Waals surface area contributed by atoms with Crippen molar-refractivity contribution in [2.45, 2.75) is 0 Å². The highest BCUT2D eigenvalue weighted by Gasteiger charge is 2.15. The van der Waals surface area contributed by atoms with Crippen molar-refractivity contribution >= 4 is 64.0 Å². The summed E-state index contributed by atoms with van der Waals surface area (Å²) >= 11 is 1.86. The van der Waals surface area contributed by atoms with Gasteiger partial charge < -0.3 is 0 Å². The topological polar surface area (TPSA) is 25.8 Å². The monoisotopic (exact) mass is 564 g/mol. The van der Waals surface area contributed by atoms with E-state index in [4.69, 9.17) is 9.97 Å². The van der Waals surface area contributed by atoms with Crippen LogP contribution in [0.2, 0.25) is 0 Å². The molecule has 0 bridgehead atoms. The van der Waals surface area contributed by atoms with Gasteiger partial charge in [0, 0.05) is 36.7 Å². The molecule has 2 nitrogen and oxygen atoms in total. The molecule has 3 heteroatoms. The summed E-state index contributed by atoms with van der Waals surface area (Å²) in [5, 5.41) is 8.69. The molecule has 2 heterocycles. The van der Waals surface area contributed by atoms with Gasteiger partial charge in [-0.15, -0.1) is 11.3 Å².